The number of carbonyl (C=O) groups excluding carboxylic acids is 1. The molecule has 0 fully saturated rings. The number of carboxylic acids is 2. The summed E-state index contributed by atoms with van der Waals surface area (Å²) in [7, 11) is 0. The SMILES string of the molecule is O=C(CCc1cc2c(-c3ccc(C(=O)O)cc3C(=O)O)c3ccc(=O)cc-3oc2cc1O)NCCO. The highest BCUT2D eigenvalue weighted by Crippen LogP contribution is 2.43. The van der Waals surface area contributed by atoms with E-state index in [1.165, 1.54) is 36.4 Å². The van der Waals surface area contributed by atoms with E-state index in [1.807, 2.05) is 0 Å². The third-order valence-electron chi connectivity index (χ3n) is 5.71. The van der Waals surface area contributed by atoms with Gasteiger partial charge in [0.15, 0.2) is 5.43 Å². The average Bonchev–Trinajstić information content (AvgIpc) is 2.84. The maximum absolute atomic E-state index is 12.1. The summed E-state index contributed by atoms with van der Waals surface area (Å²) in [5.74, 6) is -2.98. The van der Waals surface area contributed by atoms with Crippen molar-refractivity contribution in [1.29, 1.82) is 0 Å². The van der Waals surface area contributed by atoms with E-state index in [0.717, 1.165) is 6.07 Å². The van der Waals surface area contributed by atoms with Gasteiger partial charge in [0.05, 0.1) is 17.7 Å². The number of aromatic carboxylic acids is 2. The van der Waals surface area contributed by atoms with Gasteiger partial charge < -0.3 is 30.2 Å². The molecule has 10 heteroatoms. The van der Waals surface area contributed by atoms with E-state index in [2.05, 4.69) is 5.32 Å². The Labute approximate surface area is 203 Å². The highest BCUT2D eigenvalue weighted by molar-refractivity contribution is 6.08. The van der Waals surface area contributed by atoms with Crippen molar-refractivity contribution in [3.05, 3.63) is 75.4 Å². The number of aromatic hydroxyl groups is 1. The van der Waals surface area contributed by atoms with Crippen LogP contribution < -0.4 is 10.7 Å². The van der Waals surface area contributed by atoms with Crippen LogP contribution in [-0.2, 0) is 11.2 Å². The molecular weight excluding hydrogens is 470 g/mol. The largest absolute Gasteiger partial charge is 0.508 e. The standard InChI is InChI=1S/C26H21NO9/c28-8-7-27-23(31)6-2-13-9-19-22(12-20(13)30)36-21-11-15(29)3-5-17(21)24(19)16-4-1-14(25(32)33)10-18(16)26(34)35/h1,3-5,9-12,28,30H,2,6-8H2,(H,27,31)(H,32,33)(H,34,35). The van der Waals surface area contributed by atoms with Gasteiger partial charge in [0.1, 0.15) is 17.1 Å². The second kappa shape index (κ2) is 9.88. The lowest BCUT2D eigenvalue weighted by molar-refractivity contribution is -0.121. The first-order valence-electron chi connectivity index (χ1n) is 10.9. The number of hydrogen-bond acceptors (Lipinski definition) is 7. The predicted molar refractivity (Wildman–Crippen MR) is 129 cm³/mol. The van der Waals surface area contributed by atoms with Crippen molar-refractivity contribution < 1.29 is 39.2 Å². The van der Waals surface area contributed by atoms with E-state index in [9.17, 15) is 34.5 Å². The predicted octanol–water partition coefficient (Wildman–Crippen LogP) is 2.71. The van der Waals surface area contributed by atoms with E-state index in [-0.39, 0.29) is 71.1 Å². The lowest BCUT2D eigenvalue weighted by atomic mass is 9.89. The summed E-state index contributed by atoms with van der Waals surface area (Å²) < 4.78 is 5.86. The minimum atomic E-state index is -1.35. The van der Waals surface area contributed by atoms with E-state index >= 15 is 0 Å². The lowest BCUT2D eigenvalue weighted by Gasteiger charge is -2.18. The molecule has 2 aromatic rings. The Morgan fingerprint density at radius 1 is 0.917 bits per heavy atom. The third-order valence-corrected chi connectivity index (χ3v) is 5.71. The molecule has 0 saturated carbocycles. The molecule has 1 aliphatic carbocycles. The van der Waals surface area contributed by atoms with Gasteiger partial charge in [-0.25, -0.2) is 9.59 Å². The Kier molecular flexibility index (Phi) is 6.71. The van der Waals surface area contributed by atoms with Crippen LogP contribution in [0.5, 0.6) is 5.75 Å². The highest BCUT2D eigenvalue weighted by Gasteiger charge is 2.24. The van der Waals surface area contributed by atoms with Crippen LogP contribution in [0, 0.1) is 0 Å². The summed E-state index contributed by atoms with van der Waals surface area (Å²) >= 11 is 0. The second-order valence-electron chi connectivity index (χ2n) is 8.06. The quantitative estimate of drug-likeness (QED) is 0.232. The zero-order valence-electron chi connectivity index (χ0n) is 18.8. The molecule has 0 bridgehead atoms. The maximum Gasteiger partial charge on any atom is 0.336 e. The number of aryl methyl sites for hydroxylation is 1. The lowest BCUT2D eigenvalue weighted by Crippen LogP contribution is -2.26. The minimum absolute atomic E-state index is 0.0202. The molecule has 4 rings (SSSR count). The van der Waals surface area contributed by atoms with Crippen LogP contribution in [0.3, 0.4) is 0 Å². The molecule has 0 atom stereocenters. The second-order valence-corrected chi connectivity index (χ2v) is 8.06. The van der Waals surface area contributed by atoms with Crippen LogP contribution in [0.4, 0.5) is 0 Å². The molecule has 5 N–H and O–H groups in total. The first-order valence-corrected chi connectivity index (χ1v) is 10.9. The number of amides is 1. The van der Waals surface area contributed by atoms with Crippen LogP contribution in [0.2, 0.25) is 0 Å². The molecule has 0 radical (unpaired) electrons. The Hall–Kier alpha value is -4.70. The number of benzene rings is 3. The summed E-state index contributed by atoms with van der Waals surface area (Å²) in [6, 6.07) is 10.6. The van der Waals surface area contributed by atoms with Crippen molar-refractivity contribution in [3.8, 4) is 28.2 Å². The number of aliphatic hydroxyl groups is 1. The van der Waals surface area contributed by atoms with E-state index in [4.69, 9.17) is 9.52 Å². The molecule has 1 amide bonds. The number of nitrogens with one attached hydrogen (secondary N) is 1. The number of carboxylic acid groups (broad SMARTS) is 2. The zero-order chi connectivity index (χ0) is 26.0. The Balaban J connectivity index is 1.98. The monoisotopic (exact) mass is 491 g/mol. The van der Waals surface area contributed by atoms with Gasteiger partial charge in [-0.3, -0.25) is 9.59 Å². The summed E-state index contributed by atoms with van der Waals surface area (Å²) in [5.41, 5.74) is 0.689. The summed E-state index contributed by atoms with van der Waals surface area (Å²) in [5, 5.41) is 41.6. The fraction of sp³-hybridized carbons (Fsp3) is 0.154. The van der Waals surface area contributed by atoms with Gasteiger partial charge in [0.2, 0.25) is 5.91 Å². The fourth-order valence-corrected chi connectivity index (χ4v) is 4.05. The molecule has 1 aliphatic heterocycles. The number of aliphatic hydroxyl groups excluding tert-OH is 1. The molecule has 10 nitrogen and oxygen atoms in total. The number of phenolic OH excluding ortho intramolecular Hbond substituents is 1. The first-order chi connectivity index (χ1) is 17.2. The van der Waals surface area contributed by atoms with Crippen molar-refractivity contribution in [2.24, 2.45) is 0 Å². The molecule has 0 unspecified atom stereocenters. The fourth-order valence-electron chi connectivity index (χ4n) is 4.05. The molecule has 184 valence electrons. The zero-order valence-corrected chi connectivity index (χ0v) is 18.8. The maximum atomic E-state index is 12.1. The van der Waals surface area contributed by atoms with Crippen molar-refractivity contribution >= 4 is 28.8 Å². The molecule has 2 aliphatic rings. The van der Waals surface area contributed by atoms with Gasteiger partial charge in [0.25, 0.3) is 0 Å². The van der Waals surface area contributed by atoms with Crippen LogP contribution >= 0.6 is 0 Å². The minimum Gasteiger partial charge on any atom is -0.508 e. The number of fused-ring (bicyclic) bond motifs is 2. The van der Waals surface area contributed by atoms with Gasteiger partial charge in [-0.05, 0) is 47.9 Å². The number of phenols is 1. The molecular formula is C26H21NO9. The van der Waals surface area contributed by atoms with Crippen LogP contribution in [0.15, 0.2) is 57.7 Å². The normalized spacial score (nSPS) is 11.0. The average molecular weight is 491 g/mol. The van der Waals surface area contributed by atoms with Gasteiger partial charge >= 0.3 is 11.9 Å². The third kappa shape index (κ3) is 4.75. The molecule has 2 aromatic carbocycles. The van der Waals surface area contributed by atoms with Crippen LogP contribution in [-0.4, -0.2) is 51.4 Å². The number of hydrogen-bond donors (Lipinski definition) is 5. The van der Waals surface area contributed by atoms with Gasteiger partial charge in [-0.15, -0.1) is 0 Å². The van der Waals surface area contributed by atoms with Crippen molar-refractivity contribution in [2.45, 2.75) is 12.8 Å². The first kappa shape index (κ1) is 24.4. The highest BCUT2D eigenvalue weighted by atomic mass is 16.4. The molecule has 1 heterocycles. The van der Waals surface area contributed by atoms with Crippen molar-refractivity contribution in [3.63, 3.8) is 0 Å². The molecule has 0 aromatic heterocycles. The Bertz CT molecular complexity index is 1540. The summed E-state index contributed by atoms with van der Waals surface area (Å²) in [6.45, 7) is -0.105. The Morgan fingerprint density at radius 3 is 2.36 bits per heavy atom. The Morgan fingerprint density at radius 2 is 1.67 bits per heavy atom. The topological polar surface area (TPSA) is 174 Å². The van der Waals surface area contributed by atoms with E-state index in [0.29, 0.717) is 22.1 Å². The van der Waals surface area contributed by atoms with Gasteiger partial charge in [0, 0.05) is 41.6 Å². The van der Waals surface area contributed by atoms with Crippen molar-refractivity contribution in [2.75, 3.05) is 13.2 Å². The van der Waals surface area contributed by atoms with Crippen LogP contribution in [0.1, 0.15) is 32.7 Å². The van der Waals surface area contributed by atoms with Gasteiger partial charge in [-0.2, -0.15) is 0 Å². The summed E-state index contributed by atoms with van der Waals surface area (Å²) in [4.78, 5) is 47.5. The number of carbonyl (C=O) groups is 3. The number of rotatable bonds is 8. The summed E-state index contributed by atoms with van der Waals surface area (Å²) in [6.07, 6.45) is 0.159. The van der Waals surface area contributed by atoms with E-state index < -0.39 is 11.9 Å². The van der Waals surface area contributed by atoms with Gasteiger partial charge in [-0.1, -0.05) is 6.07 Å². The smallest absolute Gasteiger partial charge is 0.336 e. The molecule has 36 heavy (non-hydrogen) atoms. The van der Waals surface area contributed by atoms with Crippen LogP contribution in [0.25, 0.3) is 33.4 Å². The van der Waals surface area contributed by atoms with Crippen molar-refractivity contribution in [1.82, 2.24) is 5.32 Å². The molecule has 0 saturated heterocycles. The van der Waals surface area contributed by atoms with E-state index in [1.54, 1.807) is 6.07 Å². The molecule has 0 spiro atoms.